The first kappa shape index (κ1) is 11.5. The van der Waals surface area contributed by atoms with Crippen LogP contribution in [0.1, 0.15) is 20.3 Å². The Morgan fingerprint density at radius 3 is 1.22 bits per heavy atom. The van der Waals surface area contributed by atoms with E-state index in [1.165, 1.54) is 6.92 Å². The lowest BCUT2D eigenvalue weighted by molar-refractivity contribution is -0.130. The molecule has 0 amide bonds. The predicted molar refractivity (Wildman–Crippen MR) is 28.0 cm³/mol. The molecule has 0 heterocycles. The molecule has 0 aliphatic carbocycles. The lowest BCUT2D eigenvalue weighted by Crippen LogP contribution is -2.02. The largest absolute Gasteiger partial charge is 0.388 e. The van der Waals surface area contributed by atoms with E-state index in [9.17, 15) is 17.6 Å². The molecular formula is C5H10F4. The van der Waals surface area contributed by atoms with E-state index in [-0.39, 0.29) is 6.67 Å². The average molecular weight is 146 g/mol. The molecule has 0 bridgehead atoms. The van der Waals surface area contributed by atoms with Crippen molar-refractivity contribution in [1.82, 2.24) is 0 Å². The number of halogens is 4. The van der Waals surface area contributed by atoms with Crippen molar-refractivity contribution in [2.24, 2.45) is 0 Å². The fourth-order valence-electron chi connectivity index (χ4n) is 0. The van der Waals surface area contributed by atoms with Gasteiger partial charge in [-0.15, -0.1) is 0 Å². The summed E-state index contributed by atoms with van der Waals surface area (Å²) in [7, 11) is 0. The van der Waals surface area contributed by atoms with Crippen LogP contribution in [0.3, 0.4) is 0 Å². The van der Waals surface area contributed by atoms with Crippen molar-refractivity contribution in [3.63, 3.8) is 0 Å². The quantitative estimate of drug-likeness (QED) is 0.461. The van der Waals surface area contributed by atoms with Crippen molar-refractivity contribution >= 4 is 0 Å². The van der Waals surface area contributed by atoms with E-state index in [2.05, 4.69) is 0 Å². The highest BCUT2D eigenvalue weighted by molar-refractivity contribution is 4.39. The fourth-order valence-corrected chi connectivity index (χ4v) is 0. The van der Waals surface area contributed by atoms with Crippen LogP contribution in [-0.4, -0.2) is 12.9 Å². The molecule has 0 saturated carbocycles. The van der Waals surface area contributed by atoms with Crippen LogP contribution in [0.2, 0.25) is 0 Å². The smallest absolute Gasteiger partial charge is 0.251 e. The van der Waals surface area contributed by atoms with Crippen LogP contribution < -0.4 is 0 Å². The van der Waals surface area contributed by atoms with E-state index in [1.807, 2.05) is 0 Å². The summed E-state index contributed by atoms with van der Waals surface area (Å²) in [5.74, 6) is 0. The summed E-state index contributed by atoms with van der Waals surface area (Å²) in [6.07, 6.45) is -4.69. The third-order valence-electron chi connectivity index (χ3n) is 0.401. The molecule has 58 valence electrons. The van der Waals surface area contributed by atoms with Gasteiger partial charge in [-0.3, -0.25) is 4.39 Å². The molecule has 0 N–H and O–H groups in total. The molecule has 0 nitrogen and oxygen atoms in total. The van der Waals surface area contributed by atoms with Gasteiger partial charge in [0.25, 0.3) is 0 Å². The Morgan fingerprint density at radius 1 is 1.11 bits per heavy atom. The molecule has 0 aromatic heterocycles. The van der Waals surface area contributed by atoms with Gasteiger partial charge in [0.05, 0.1) is 6.67 Å². The Labute approximate surface area is 51.9 Å². The van der Waals surface area contributed by atoms with Crippen LogP contribution in [0, 0.1) is 0 Å². The van der Waals surface area contributed by atoms with E-state index < -0.39 is 12.6 Å². The SMILES string of the molecule is CCC(F)(F)F.CCF. The van der Waals surface area contributed by atoms with Gasteiger partial charge >= 0.3 is 6.18 Å². The van der Waals surface area contributed by atoms with Crippen LogP contribution in [0.4, 0.5) is 17.6 Å². The zero-order valence-corrected chi connectivity index (χ0v) is 5.43. The van der Waals surface area contributed by atoms with E-state index >= 15 is 0 Å². The van der Waals surface area contributed by atoms with Gasteiger partial charge < -0.3 is 0 Å². The van der Waals surface area contributed by atoms with Crippen molar-refractivity contribution in [3.8, 4) is 0 Å². The molecule has 0 aliphatic rings. The third kappa shape index (κ3) is 34.1. The number of hydrogen-bond acceptors (Lipinski definition) is 0. The van der Waals surface area contributed by atoms with Crippen LogP contribution in [0.25, 0.3) is 0 Å². The van der Waals surface area contributed by atoms with Crippen LogP contribution in [0.15, 0.2) is 0 Å². The number of rotatable bonds is 0. The summed E-state index contributed by atoms with van der Waals surface area (Å²) in [6.45, 7) is 2.29. The molecular weight excluding hydrogens is 136 g/mol. The second kappa shape index (κ2) is 5.85. The Bertz CT molecular complexity index is 47.4. The third-order valence-corrected chi connectivity index (χ3v) is 0.401. The lowest BCUT2D eigenvalue weighted by Gasteiger charge is -1.96. The molecule has 0 atom stereocenters. The minimum Gasteiger partial charge on any atom is -0.251 e. The van der Waals surface area contributed by atoms with Crippen LogP contribution >= 0.6 is 0 Å². The molecule has 0 aliphatic heterocycles. The summed E-state index contributed by atoms with van der Waals surface area (Å²) >= 11 is 0. The second-order valence-electron chi connectivity index (χ2n) is 1.24. The van der Waals surface area contributed by atoms with Gasteiger partial charge in [-0.2, -0.15) is 13.2 Å². The summed E-state index contributed by atoms with van der Waals surface area (Å²) in [6, 6.07) is 0. The maximum Gasteiger partial charge on any atom is 0.388 e. The van der Waals surface area contributed by atoms with Gasteiger partial charge in [0.1, 0.15) is 0 Å². The summed E-state index contributed by atoms with van der Waals surface area (Å²) in [5, 5.41) is 0. The molecule has 0 spiro atoms. The molecule has 0 fully saturated rings. The fraction of sp³-hybridized carbons (Fsp3) is 1.00. The minimum atomic E-state index is -3.96. The Hall–Kier alpha value is -0.280. The van der Waals surface area contributed by atoms with Crippen molar-refractivity contribution in [2.75, 3.05) is 6.67 Å². The molecule has 0 saturated heterocycles. The second-order valence-corrected chi connectivity index (χ2v) is 1.24. The minimum absolute atomic E-state index is 0.250. The monoisotopic (exact) mass is 146 g/mol. The highest BCUT2D eigenvalue weighted by Crippen LogP contribution is 2.17. The first-order chi connectivity index (χ1) is 3.97. The summed E-state index contributed by atoms with van der Waals surface area (Å²) in [5.41, 5.74) is 0. The van der Waals surface area contributed by atoms with Gasteiger partial charge in [0, 0.05) is 6.42 Å². The highest BCUT2D eigenvalue weighted by Gasteiger charge is 2.22. The topological polar surface area (TPSA) is 0 Å². The summed E-state index contributed by atoms with van der Waals surface area (Å²) < 4.78 is 42.6. The zero-order chi connectivity index (χ0) is 7.91. The Balaban J connectivity index is 0. The first-order valence-electron chi connectivity index (χ1n) is 2.60. The Kier molecular flexibility index (Phi) is 7.48. The van der Waals surface area contributed by atoms with Gasteiger partial charge in [0.15, 0.2) is 0 Å². The maximum absolute atomic E-state index is 10.8. The predicted octanol–water partition coefficient (Wildman–Crippen LogP) is 2.93. The molecule has 0 radical (unpaired) electrons. The number of hydrogen-bond donors (Lipinski definition) is 0. The van der Waals surface area contributed by atoms with Crippen molar-refractivity contribution in [1.29, 1.82) is 0 Å². The van der Waals surface area contributed by atoms with Gasteiger partial charge in [0.2, 0.25) is 0 Å². The van der Waals surface area contributed by atoms with Crippen molar-refractivity contribution in [2.45, 2.75) is 26.4 Å². The molecule has 4 heteroatoms. The molecule has 0 rings (SSSR count). The normalized spacial score (nSPS) is 10.0. The summed E-state index contributed by atoms with van der Waals surface area (Å²) in [4.78, 5) is 0. The lowest BCUT2D eigenvalue weighted by atomic mass is 10.5. The van der Waals surface area contributed by atoms with E-state index in [0.717, 1.165) is 6.92 Å². The van der Waals surface area contributed by atoms with Crippen LogP contribution in [0.5, 0.6) is 0 Å². The molecule has 9 heavy (non-hydrogen) atoms. The molecule has 0 aromatic carbocycles. The molecule has 0 unspecified atom stereocenters. The molecule has 0 aromatic rings. The van der Waals surface area contributed by atoms with E-state index in [0.29, 0.717) is 0 Å². The van der Waals surface area contributed by atoms with Gasteiger partial charge in [-0.05, 0) is 6.92 Å². The standard InChI is InChI=1S/C3H5F3.C2H5F/c1-2-3(4,5)6;1-2-3/h2H2,1H3;2H2,1H3. The average Bonchev–Trinajstić information content (AvgIpc) is 1.67. The van der Waals surface area contributed by atoms with Crippen LogP contribution in [-0.2, 0) is 0 Å². The van der Waals surface area contributed by atoms with E-state index in [4.69, 9.17) is 0 Å². The highest BCUT2D eigenvalue weighted by atomic mass is 19.4. The Morgan fingerprint density at radius 2 is 1.22 bits per heavy atom. The van der Waals surface area contributed by atoms with Gasteiger partial charge in [-0.25, -0.2) is 0 Å². The first-order valence-corrected chi connectivity index (χ1v) is 2.60. The van der Waals surface area contributed by atoms with Gasteiger partial charge in [-0.1, -0.05) is 6.92 Å². The van der Waals surface area contributed by atoms with E-state index in [1.54, 1.807) is 0 Å². The number of alkyl halides is 4. The zero-order valence-electron chi connectivity index (χ0n) is 5.43. The van der Waals surface area contributed by atoms with Crippen molar-refractivity contribution in [3.05, 3.63) is 0 Å². The van der Waals surface area contributed by atoms with Crippen molar-refractivity contribution < 1.29 is 17.6 Å². The maximum atomic E-state index is 10.8.